The number of aryl methyl sites for hydroxylation is 1. The Hall–Kier alpha value is -2.43. The molecule has 0 aliphatic rings. The van der Waals surface area contributed by atoms with E-state index in [2.05, 4.69) is 4.98 Å². The molecule has 22 heavy (non-hydrogen) atoms. The van der Waals surface area contributed by atoms with Gasteiger partial charge < -0.3 is 9.64 Å². The van der Waals surface area contributed by atoms with Gasteiger partial charge in [0.25, 0.3) is 0 Å². The zero-order valence-electron chi connectivity index (χ0n) is 13.0. The van der Waals surface area contributed by atoms with E-state index < -0.39 is 0 Å². The number of pyridine rings is 1. The fourth-order valence-corrected chi connectivity index (χ4v) is 2.04. The Morgan fingerprint density at radius 1 is 1.32 bits per heavy atom. The van der Waals surface area contributed by atoms with Gasteiger partial charge in [0.15, 0.2) is 0 Å². The lowest BCUT2D eigenvalue weighted by Gasteiger charge is -2.18. The number of hydrogen-bond donors (Lipinski definition) is 0. The predicted molar refractivity (Wildman–Crippen MR) is 83.4 cm³/mol. The third-order valence-corrected chi connectivity index (χ3v) is 3.31. The molecule has 0 aliphatic carbocycles. The fraction of sp³-hybridized carbons (Fsp3) is 0.294. The van der Waals surface area contributed by atoms with E-state index in [0.717, 1.165) is 5.56 Å². The minimum Gasteiger partial charge on any atom is -0.462 e. The smallest absolute Gasteiger partial charge is 0.339 e. The zero-order valence-corrected chi connectivity index (χ0v) is 13.0. The lowest BCUT2D eigenvalue weighted by Crippen LogP contribution is -2.18. The summed E-state index contributed by atoms with van der Waals surface area (Å²) in [6.07, 6.45) is 1.49. The quantitative estimate of drug-likeness (QED) is 0.794. The van der Waals surface area contributed by atoms with Gasteiger partial charge in [0.2, 0.25) is 0 Å². The van der Waals surface area contributed by atoms with Crippen LogP contribution in [0.1, 0.15) is 28.4 Å². The lowest BCUT2D eigenvalue weighted by molar-refractivity contribution is 0.0526. The molecule has 0 atom stereocenters. The van der Waals surface area contributed by atoms with Crippen molar-refractivity contribution < 1.29 is 13.9 Å². The van der Waals surface area contributed by atoms with Gasteiger partial charge in [-0.3, -0.25) is 0 Å². The van der Waals surface area contributed by atoms with Crippen molar-refractivity contribution in [3.63, 3.8) is 0 Å². The molecule has 0 amide bonds. The number of benzene rings is 1. The van der Waals surface area contributed by atoms with E-state index in [-0.39, 0.29) is 11.8 Å². The van der Waals surface area contributed by atoms with Gasteiger partial charge in [-0.25, -0.2) is 14.2 Å². The van der Waals surface area contributed by atoms with Crippen LogP contribution in [0.3, 0.4) is 0 Å². The van der Waals surface area contributed by atoms with Crippen LogP contribution in [0.15, 0.2) is 36.5 Å². The second kappa shape index (κ2) is 7.02. The molecule has 2 aromatic rings. The molecule has 5 heteroatoms. The van der Waals surface area contributed by atoms with E-state index in [1.807, 2.05) is 18.0 Å². The number of carbonyl (C=O) groups excluding carboxylic acids is 1. The molecule has 0 spiro atoms. The third kappa shape index (κ3) is 3.81. The molecule has 1 aromatic heterocycles. The molecule has 0 bridgehead atoms. The van der Waals surface area contributed by atoms with E-state index in [4.69, 9.17) is 4.74 Å². The molecule has 116 valence electrons. The molecule has 2 rings (SSSR count). The van der Waals surface area contributed by atoms with Crippen molar-refractivity contribution in [3.8, 4) is 0 Å². The Balaban J connectivity index is 2.07. The molecule has 0 saturated heterocycles. The van der Waals surface area contributed by atoms with Crippen LogP contribution in [-0.4, -0.2) is 24.6 Å². The highest BCUT2D eigenvalue weighted by Crippen LogP contribution is 2.16. The van der Waals surface area contributed by atoms with Crippen molar-refractivity contribution in [2.45, 2.75) is 20.4 Å². The van der Waals surface area contributed by atoms with Crippen LogP contribution in [0.5, 0.6) is 0 Å². The van der Waals surface area contributed by atoms with Crippen molar-refractivity contribution in [3.05, 3.63) is 59.0 Å². The average molecular weight is 302 g/mol. The highest BCUT2D eigenvalue weighted by atomic mass is 19.1. The van der Waals surface area contributed by atoms with E-state index in [1.54, 1.807) is 32.0 Å². The topological polar surface area (TPSA) is 42.4 Å². The fourth-order valence-electron chi connectivity index (χ4n) is 2.04. The maximum Gasteiger partial charge on any atom is 0.339 e. The summed E-state index contributed by atoms with van der Waals surface area (Å²) in [6, 6.07) is 8.60. The molecule has 0 N–H and O–H groups in total. The molecule has 0 aliphatic heterocycles. The second-order valence-corrected chi connectivity index (χ2v) is 5.07. The van der Waals surface area contributed by atoms with Crippen LogP contribution in [-0.2, 0) is 11.3 Å². The number of halogens is 1. The molecule has 0 radical (unpaired) electrons. The molecular weight excluding hydrogens is 283 g/mol. The van der Waals surface area contributed by atoms with Crippen molar-refractivity contribution in [1.29, 1.82) is 0 Å². The number of nitrogens with zero attached hydrogens (tertiary/aromatic N) is 2. The number of hydrogen-bond acceptors (Lipinski definition) is 4. The molecule has 0 saturated carbocycles. The van der Waals surface area contributed by atoms with Gasteiger partial charge in [0.05, 0.1) is 12.2 Å². The summed E-state index contributed by atoms with van der Waals surface area (Å²) in [4.78, 5) is 17.7. The predicted octanol–water partition coefficient (Wildman–Crippen LogP) is 3.34. The summed E-state index contributed by atoms with van der Waals surface area (Å²) in [5.74, 6) is 0.107. The number of carbonyl (C=O) groups is 1. The summed E-state index contributed by atoms with van der Waals surface area (Å²) < 4.78 is 18.5. The summed E-state index contributed by atoms with van der Waals surface area (Å²) in [5.41, 5.74) is 1.91. The van der Waals surface area contributed by atoms with E-state index in [9.17, 15) is 9.18 Å². The Morgan fingerprint density at radius 3 is 2.68 bits per heavy atom. The van der Waals surface area contributed by atoms with Crippen LogP contribution in [0.25, 0.3) is 0 Å². The monoisotopic (exact) mass is 302 g/mol. The summed E-state index contributed by atoms with van der Waals surface area (Å²) in [6.45, 7) is 4.36. The van der Waals surface area contributed by atoms with Crippen LogP contribution in [0.4, 0.5) is 10.2 Å². The van der Waals surface area contributed by atoms with Gasteiger partial charge in [-0.05, 0) is 43.2 Å². The Labute approximate surface area is 129 Å². The van der Waals surface area contributed by atoms with Crippen LogP contribution in [0, 0.1) is 12.7 Å². The van der Waals surface area contributed by atoms with Gasteiger partial charge in [0.1, 0.15) is 11.6 Å². The summed E-state index contributed by atoms with van der Waals surface area (Å²) >= 11 is 0. The van der Waals surface area contributed by atoms with E-state index in [0.29, 0.717) is 30.1 Å². The molecule has 0 fully saturated rings. The van der Waals surface area contributed by atoms with Crippen LogP contribution < -0.4 is 4.90 Å². The third-order valence-electron chi connectivity index (χ3n) is 3.31. The van der Waals surface area contributed by atoms with Gasteiger partial charge in [-0.2, -0.15) is 0 Å². The zero-order chi connectivity index (χ0) is 16.1. The van der Waals surface area contributed by atoms with Crippen LogP contribution >= 0.6 is 0 Å². The Bertz CT molecular complexity index is 656. The summed E-state index contributed by atoms with van der Waals surface area (Å²) in [5, 5.41) is 0. The standard InChI is InChI=1S/C17H19FN2O2/c1-4-22-17(21)14-7-8-16(19-10-14)20(3)11-13-6-5-12(2)15(18)9-13/h5-10H,4,11H2,1-3H3. The van der Waals surface area contributed by atoms with Crippen molar-refractivity contribution in [2.24, 2.45) is 0 Å². The molecular formula is C17H19FN2O2. The normalized spacial score (nSPS) is 10.4. The van der Waals surface area contributed by atoms with Crippen molar-refractivity contribution >= 4 is 11.8 Å². The Kier molecular flexibility index (Phi) is 5.09. The van der Waals surface area contributed by atoms with Crippen LogP contribution in [0.2, 0.25) is 0 Å². The van der Waals surface area contributed by atoms with Gasteiger partial charge >= 0.3 is 5.97 Å². The first-order chi connectivity index (χ1) is 10.5. The highest BCUT2D eigenvalue weighted by Gasteiger charge is 2.09. The number of anilines is 1. The highest BCUT2D eigenvalue weighted by molar-refractivity contribution is 5.89. The number of aromatic nitrogens is 1. The van der Waals surface area contributed by atoms with Gasteiger partial charge in [-0.1, -0.05) is 12.1 Å². The SMILES string of the molecule is CCOC(=O)c1ccc(N(C)Cc2ccc(C)c(F)c2)nc1. The Morgan fingerprint density at radius 2 is 2.09 bits per heavy atom. The molecule has 1 aromatic carbocycles. The number of esters is 1. The van der Waals surface area contributed by atoms with E-state index in [1.165, 1.54) is 12.3 Å². The van der Waals surface area contributed by atoms with Gasteiger partial charge in [-0.15, -0.1) is 0 Å². The van der Waals surface area contributed by atoms with Crippen molar-refractivity contribution in [2.75, 3.05) is 18.6 Å². The minimum absolute atomic E-state index is 0.212. The number of rotatable bonds is 5. The molecule has 1 heterocycles. The minimum atomic E-state index is -0.384. The molecule has 0 unspecified atom stereocenters. The van der Waals surface area contributed by atoms with Gasteiger partial charge in [0, 0.05) is 19.8 Å². The first-order valence-electron chi connectivity index (χ1n) is 7.10. The first kappa shape index (κ1) is 15.9. The maximum atomic E-state index is 13.6. The maximum absolute atomic E-state index is 13.6. The largest absolute Gasteiger partial charge is 0.462 e. The average Bonchev–Trinajstić information content (AvgIpc) is 2.51. The van der Waals surface area contributed by atoms with Crippen molar-refractivity contribution in [1.82, 2.24) is 4.98 Å². The summed E-state index contributed by atoms with van der Waals surface area (Å²) in [7, 11) is 1.87. The second-order valence-electron chi connectivity index (χ2n) is 5.07. The number of ether oxygens (including phenoxy) is 1. The van der Waals surface area contributed by atoms with E-state index >= 15 is 0 Å². The first-order valence-corrected chi connectivity index (χ1v) is 7.10. The molecule has 4 nitrogen and oxygen atoms in total. The lowest BCUT2D eigenvalue weighted by atomic mass is 10.1.